The van der Waals surface area contributed by atoms with Gasteiger partial charge >= 0.3 is 0 Å². The van der Waals surface area contributed by atoms with Crippen LogP contribution in [0.4, 0.5) is 5.95 Å². The number of nitrogens with zero attached hydrogens (tertiary/aromatic N) is 6. The average molecular weight is 461 g/mol. The normalized spacial score (nSPS) is 22.6. The van der Waals surface area contributed by atoms with Gasteiger partial charge in [0.05, 0.1) is 19.0 Å². The highest BCUT2D eigenvalue weighted by molar-refractivity contribution is 7.90. The van der Waals surface area contributed by atoms with Gasteiger partial charge in [0.25, 0.3) is 0 Å². The van der Waals surface area contributed by atoms with Gasteiger partial charge in [0.1, 0.15) is 0 Å². The lowest BCUT2D eigenvalue weighted by Gasteiger charge is -2.41. The summed E-state index contributed by atoms with van der Waals surface area (Å²) in [7, 11) is -3.34. The van der Waals surface area contributed by atoms with Gasteiger partial charge in [-0.2, -0.15) is 0 Å². The van der Waals surface area contributed by atoms with E-state index in [0.717, 1.165) is 57.6 Å². The summed E-state index contributed by atoms with van der Waals surface area (Å²) in [5.41, 5.74) is 1.17. The number of sulfone groups is 1. The molecule has 1 aliphatic carbocycles. The molecule has 0 radical (unpaired) electrons. The SMILES string of the molecule is CCc1cnc(N2CCN([C@H]3CC[C@H](COc4cnc(S(C)(=O)=O)cn4)CC3)CC2)nc1. The van der Waals surface area contributed by atoms with Gasteiger partial charge in [-0.3, -0.25) is 4.90 Å². The van der Waals surface area contributed by atoms with Gasteiger partial charge in [0, 0.05) is 50.9 Å². The van der Waals surface area contributed by atoms with Crippen LogP contribution in [0, 0.1) is 5.92 Å². The van der Waals surface area contributed by atoms with E-state index < -0.39 is 9.84 Å². The second kappa shape index (κ2) is 10.1. The molecule has 0 aromatic carbocycles. The Balaban J connectivity index is 1.19. The van der Waals surface area contributed by atoms with Gasteiger partial charge < -0.3 is 9.64 Å². The molecule has 0 amide bonds. The van der Waals surface area contributed by atoms with Crippen molar-refractivity contribution in [2.24, 2.45) is 5.92 Å². The minimum absolute atomic E-state index is 0.0324. The predicted molar refractivity (Wildman–Crippen MR) is 122 cm³/mol. The number of rotatable bonds is 7. The molecule has 1 aliphatic heterocycles. The fraction of sp³-hybridized carbons (Fsp3) is 0.636. The maximum absolute atomic E-state index is 11.5. The van der Waals surface area contributed by atoms with Crippen LogP contribution in [0.1, 0.15) is 38.2 Å². The van der Waals surface area contributed by atoms with Gasteiger partial charge in [0.15, 0.2) is 14.9 Å². The molecule has 0 bridgehead atoms. The van der Waals surface area contributed by atoms with Gasteiger partial charge in [-0.05, 0) is 43.6 Å². The van der Waals surface area contributed by atoms with E-state index in [0.29, 0.717) is 24.4 Å². The van der Waals surface area contributed by atoms with Crippen molar-refractivity contribution in [3.63, 3.8) is 0 Å². The number of ether oxygens (including phenoxy) is 1. The summed E-state index contributed by atoms with van der Waals surface area (Å²) in [6.07, 6.45) is 13.2. The Bertz CT molecular complexity index is 968. The maximum Gasteiger partial charge on any atom is 0.232 e. The van der Waals surface area contributed by atoms with Crippen LogP contribution in [0.15, 0.2) is 29.8 Å². The Morgan fingerprint density at radius 3 is 2.19 bits per heavy atom. The third-order valence-corrected chi connectivity index (χ3v) is 7.45. The zero-order valence-corrected chi connectivity index (χ0v) is 19.7. The first-order valence-corrected chi connectivity index (χ1v) is 13.3. The molecule has 3 heterocycles. The number of aromatic nitrogens is 4. The lowest BCUT2D eigenvalue weighted by Crippen LogP contribution is -2.51. The van der Waals surface area contributed by atoms with Crippen LogP contribution in [0.5, 0.6) is 5.88 Å². The lowest BCUT2D eigenvalue weighted by atomic mass is 9.85. The van der Waals surface area contributed by atoms with Crippen LogP contribution < -0.4 is 9.64 Å². The average Bonchev–Trinajstić information content (AvgIpc) is 2.83. The molecule has 2 aromatic rings. The monoisotopic (exact) mass is 460 g/mol. The smallest absolute Gasteiger partial charge is 0.232 e. The summed E-state index contributed by atoms with van der Waals surface area (Å²) in [5.74, 6) is 1.72. The maximum atomic E-state index is 11.5. The summed E-state index contributed by atoms with van der Waals surface area (Å²) in [6.45, 7) is 6.75. The van der Waals surface area contributed by atoms with Crippen molar-refractivity contribution in [1.82, 2.24) is 24.8 Å². The van der Waals surface area contributed by atoms with E-state index in [4.69, 9.17) is 4.74 Å². The van der Waals surface area contributed by atoms with E-state index in [1.54, 1.807) is 0 Å². The first-order chi connectivity index (χ1) is 15.4. The molecule has 0 spiro atoms. The third-order valence-electron chi connectivity index (χ3n) is 6.48. The molecule has 10 heteroatoms. The largest absolute Gasteiger partial charge is 0.476 e. The fourth-order valence-corrected chi connectivity index (χ4v) is 4.92. The molecule has 4 rings (SSSR count). The van der Waals surface area contributed by atoms with Crippen LogP contribution in [-0.2, 0) is 16.3 Å². The molecule has 1 saturated carbocycles. The van der Waals surface area contributed by atoms with Crippen LogP contribution in [0.25, 0.3) is 0 Å². The Labute approximate surface area is 190 Å². The zero-order chi connectivity index (χ0) is 22.6. The minimum Gasteiger partial charge on any atom is -0.476 e. The molecule has 9 nitrogen and oxygen atoms in total. The van der Waals surface area contributed by atoms with Crippen molar-refractivity contribution < 1.29 is 13.2 Å². The molecule has 0 N–H and O–H groups in total. The topological polar surface area (TPSA) is 101 Å². The summed E-state index contributed by atoms with van der Waals surface area (Å²) in [5, 5.41) is -0.0324. The van der Waals surface area contributed by atoms with Crippen molar-refractivity contribution in [2.45, 2.75) is 50.1 Å². The van der Waals surface area contributed by atoms with Crippen molar-refractivity contribution in [2.75, 3.05) is 43.9 Å². The molecule has 2 fully saturated rings. The standard InChI is InChI=1S/C22H32N6O3S/c1-3-17-12-25-22(26-13-17)28-10-8-27(9-11-28)19-6-4-18(5-7-19)16-31-20-14-24-21(15-23-20)32(2,29)30/h12-15,18-19H,3-11,16H2,1-2H3/t18-,19-. The van der Waals surface area contributed by atoms with E-state index in [1.807, 2.05) is 12.4 Å². The van der Waals surface area contributed by atoms with E-state index in [-0.39, 0.29) is 5.03 Å². The van der Waals surface area contributed by atoms with Gasteiger partial charge in [-0.25, -0.2) is 28.4 Å². The van der Waals surface area contributed by atoms with E-state index >= 15 is 0 Å². The molecular weight excluding hydrogens is 428 g/mol. The molecule has 1 saturated heterocycles. The first kappa shape index (κ1) is 22.8. The molecular formula is C22H32N6O3S. The fourth-order valence-electron chi connectivity index (χ4n) is 4.43. The molecule has 2 aliphatic rings. The third kappa shape index (κ3) is 5.72. The Kier molecular flexibility index (Phi) is 7.20. The summed E-state index contributed by atoms with van der Waals surface area (Å²) >= 11 is 0. The first-order valence-electron chi connectivity index (χ1n) is 11.4. The van der Waals surface area contributed by atoms with E-state index in [2.05, 4.69) is 36.7 Å². The van der Waals surface area contributed by atoms with Crippen LogP contribution >= 0.6 is 0 Å². The molecule has 174 valence electrons. The second-order valence-electron chi connectivity index (χ2n) is 8.72. The lowest BCUT2D eigenvalue weighted by molar-refractivity contribution is 0.110. The Morgan fingerprint density at radius 2 is 1.62 bits per heavy atom. The number of piperazine rings is 1. The number of anilines is 1. The Morgan fingerprint density at radius 1 is 0.938 bits per heavy atom. The van der Waals surface area contributed by atoms with E-state index in [9.17, 15) is 8.42 Å². The van der Waals surface area contributed by atoms with Crippen LogP contribution in [0.3, 0.4) is 0 Å². The minimum atomic E-state index is -3.34. The summed E-state index contributed by atoms with van der Waals surface area (Å²) in [4.78, 5) is 22.0. The highest BCUT2D eigenvalue weighted by atomic mass is 32.2. The van der Waals surface area contributed by atoms with Gasteiger partial charge in [0.2, 0.25) is 11.8 Å². The van der Waals surface area contributed by atoms with Crippen molar-refractivity contribution in [1.29, 1.82) is 0 Å². The quantitative estimate of drug-likeness (QED) is 0.614. The highest BCUT2D eigenvalue weighted by Gasteiger charge is 2.29. The second-order valence-corrected chi connectivity index (χ2v) is 10.7. The highest BCUT2D eigenvalue weighted by Crippen LogP contribution is 2.29. The molecule has 2 aromatic heterocycles. The predicted octanol–water partition coefficient (Wildman–Crippen LogP) is 1.99. The van der Waals surface area contributed by atoms with Crippen molar-refractivity contribution >= 4 is 15.8 Å². The molecule has 32 heavy (non-hydrogen) atoms. The van der Waals surface area contributed by atoms with Gasteiger partial charge in [-0.1, -0.05) is 6.92 Å². The van der Waals surface area contributed by atoms with Crippen LogP contribution in [-0.4, -0.2) is 78.3 Å². The zero-order valence-electron chi connectivity index (χ0n) is 18.9. The number of aryl methyl sites for hydroxylation is 1. The summed E-state index contributed by atoms with van der Waals surface area (Å²) < 4.78 is 28.7. The number of hydrogen-bond donors (Lipinski definition) is 0. The van der Waals surface area contributed by atoms with Crippen molar-refractivity contribution in [3.8, 4) is 5.88 Å². The number of hydrogen-bond acceptors (Lipinski definition) is 9. The van der Waals surface area contributed by atoms with Crippen molar-refractivity contribution in [3.05, 3.63) is 30.4 Å². The molecule has 0 unspecified atom stereocenters. The van der Waals surface area contributed by atoms with E-state index in [1.165, 1.54) is 30.8 Å². The van der Waals surface area contributed by atoms with Gasteiger partial charge in [-0.15, -0.1) is 0 Å². The Hall–Kier alpha value is -2.33. The van der Waals surface area contributed by atoms with Crippen LogP contribution in [0.2, 0.25) is 0 Å². The summed E-state index contributed by atoms with van der Waals surface area (Å²) in [6, 6.07) is 0.630. The molecule has 0 atom stereocenters.